The molecule has 39 heavy (non-hydrogen) atoms. The van der Waals surface area contributed by atoms with Gasteiger partial charge in [0.25, 0.3) is 0 Å². The third-order valence-electron chi connectivity index (χ3n) is 6.82. The van der Waals surface area contributed by atoms with Gasteiger partial charge in [-0.25, -0.2) is 0 Å². The van der Waals surface area contributed by atoms with Crippen LogP contribution in [0.15, 0.2) is 48.5 Å². The van der Waals surface area contributed by atoms with E-state index in [0.717, 1.165) is 75.0 Å². The first kappa shape index (κ1) is 26.4. The highest BCUT2D eigenvalue weighted by atomic mass is 16.5. The Balaban J connectivity index is 1.80. The largest absolute Gasteiger partial charge is 0.490 e. The fourth-order valence-electron chi connectivity index (χ4n) is 5.36. The molecule has 0 bridgehead atoms. The summed E-state index contributed by atoms with van der Waals surface area (Å²) in [6.45, 7) is 11.2. The van der Waals surface area contributed by atoms with Crippen LogP contribution in [-0.4, -0.2) is 37.6 Å². The van der Waals surface area contributed by atoms with Crippen LogP contribution in [0.25, 0.3) is 33.3 Å². The Morgan fingerprint density at radius 1 is 0.744 bits per heavy atom. The van der Waals surface area contributed by atoms with Crippen molar-refractivity contribution < 1.29 is 23.7 Å². The van der Waals surface area contributed by atoms with Gasteiger partial charge in [0.1, 0.15) is 12.4 Å². The summed E-state index contributed by atoms with van der Waals surface area (Å²) in [5, 5.41) is 1.09. The van der Waals surface area contributed by atoms with Crippen molar-refractivity contribution >= 4 is 10.9 Å². The molecule has 0 unspecified atom stereocenters. The molecule has 6 heteroatoms. The molecular formula is C33H35NO5. The van der Waals surface area contributed by atoms with E-state index < -0.39 is 0 Å². The van der Waals surface area contributed by atoms with Gasteiger partial charge in [0.05, 0.1) is 32.1 Å². The van der Waals surface area contributed by atoms with Crippen molar-refractivity contribution in [1.29, 1.82) is 0 Å². The molecule has 1 aromatic heterocycles. The van der Waals surface area contributed by atoms with Crippen LogP contribution in [0.1, 0.15) is 33.3 Å². The van der Waals surface area contributed by atoms with Crippen LogP contribution >= 0.6 is 0 Å². The molecule has 0 saturated heterocycles. The van der Waals surface area contributed by atoms with Gasteiger partial charge in [-0.2, -0.15) is 0 Å². The molecule has 0 amide bonds. The summed E-state index contributed by atoms with van der Waals surface area (Å²) >= 11 is 0. The zero-order valence-electron chi connectivity index (χ0n) is 23.1. The Morgan fingerprint density at radius 2 is 1.41 bits per heavy atom. The molecule has 0 spiro atoms. The molecule has 202 valence electrons. The number of hydrogen-bond acceptors (Lipinski definition) is 5. The minimum Gasteiger partial charge on any atom is -0.490 e. The summed E-state index contributed by atoms with van der Waals surface area (Å²) in [6.07, 6.45) is 6.36. The number of aromatic nitrogens is 1. The topological polar surface area (TPSA) is 51.1 Å². The molecule has 0 fully saturated rings. The van der Waals surface area contributed by atoms with Crippen molar-refractivity contribution in [2.45, 2.75) is 40.7 Å². The highest BCUT2D eigenvalue weighted by Crippen LogP contribution is 2.49. The van der Waals surface area contributed by atoms with Crippen molar-refractivity contribution in [1.82, 2.24) is 4.57 Å². The standard InChI is InChI=1S/C33H35NO5/c1-6-17-39-24-12-13-27-26(20-24)32(23-11-14-28(35-7-2)29(19-23)36-8-3)33-25-21-31(38-10-5)30(37-9-4)18-22(25)15-16-34(27)33/h1,11-14,18-21H,7-10,15-17H2,2-5H3. The number of benzene rings is 3. The maximum atomic E-state index is 6.04. The van der Waals surface area contributed by atoms with Gasteiger partial charge < -0.3 is 28.3 Å². The van der Waals surface area contributed by atoms with Gasteiger partial charge in [-0.1, -0.05) is 12.0 Å². The first-order valence-electron chi connectivity index (χ1n) is 13.7. The summed E-state index contributed by atoms with van der Waals surface area (Å²) in [4.78, 5) is 0. The normalized spacial score (nSPS) is 11.9. The van der Waals surface area contributed by atoms with E-state index in [0.29, 0.717) is 26.4 Å². The summed E-state index contributed by atoms with van der Waals surface area (Å²) in [5.74, 6) is 6.30. The molecule has 0 N–H and O–H groups in total. The SMILES string of the molecule is C#CCOc1ccc2c(c1)c(-c1ccc(OCC)c(OCC)c1)c1n2CCc2cc(OCC)c(OCC)cc2-1. The minimum atomic E-state index is 0.215. The second kappa shape index (κ2) is 11.7. The molecule has 4 aromatic rings. The van der Waals surface area contributed by atoms with Gasteiger partial charge in [-0.15, -0.1) is 6.42 Å². The quantitative estimate of drug-likeness (QED) is 0.195. The maximum absolute atomic E-state index is 6.04. The number of ether oxygens (including phenoxy) is 5. The Morgan fingerprint density at radius 3 is 2.10 bits per heavy atom. The highest BCUT2D eigenvalue weighted by Gasteiger charge is 2.28. The number of fused-ring (bicyclic) bond motifs is 5. The number of nitrogens with zero attached hydrogens (tertiary/aromatic N) is 1. The Labute approximate surface area is 230 Å². The lowest BCUT2D eigenvalue weighted by Crippen LogP contribution is -2.12. The number of rotatable bonds is 11. The smallest absolute Gasteiger partial charge is 0.161 e. The summed E-state index contributed by atoms with van der Waals surface area (Å²) in [5.41, 5.74) is 6.78. The Kier molecular flexibility index (Phi) is 7.88. The summed E-state index contributed by atoms with van der Waals surface area (Å²) in [7, 11) is 0. The number of aryl methyl sites for hydroxylation is 2. The minimum absolute atomic E-state index is 0.215. The van der Waals surface area contributed by atoms with Gasteiger partial charge in [0, 0.05) is 28.6 Å². The second-order valence-electron chi connectivity index (χ2n) is 9.15. The summed E-state index contributed by atoms with van der Waals surface area (Å²) < 4.78 is 32.1. The first-order chi connectivity index (χ1) is 19.1. The molecule has 2 heterocycles. The molecule has 1 aliphatic heterocycles. The van der Waals surface area contributed by atoms with Crippen molar-refractivity contribution in [2.24, 2.45) is 0 Å². The van der Waals surface area contributed by atoms with E-state index in [-0.39, 0.29) is 6.61 Å². The van der Waals surface area contributed by atoms with Crippen molar-refractivity contribution in [3.05, 3.63) is 54.1 Å². The van der Waals surface area contributed by atoms with Crippen molar-refractivity contribution in [3.63, 3.8) is 0 Å². The lowest BCUT2D eigenvalue weighted by molar-refractivity contribution is 0.287. The second-order valence-corrected chi connectivity index (χ2v) is 9.15. The van der Waals surface area contributed by atoms with Crippen LogP contribution < -0.4 is 23.7 Å². The fraction of sp³-hybridized carbons (Fsp3) is 0.333. The predicted octanol–water partition coefficient (Wildman–Crippen LogP) is 7.14. The van der Waals surface area contributed by atoms with Crippen LogP contribution in [0, 0.1) is 12.3 Å². The van der Waals surface area contributed by atoms with Crippen LogP contribution in [0.4, 0.5) is 0 Å². The van der Waals surface area contributed by atoms with E-state index in [1.807, 2.05) is 39.8 Å². The van der Waals surface area contributed by atoms with E-state index in [2.05, 4.69) is 46.9 Å². The first-order valence-corrected chi connectivity index (χ1v) is 13.7. The molecule has 6 nitrogen and oxygen atoms in total. The van der Waals surface area contributed by atoms with E-state index in [9.17, 15) is 0 Å². The van der Waals surface area contributed by atoms with Gasteiger partial charge in [-0.05, 0) is 87.7 Å². The molecule has 3 aromatic carbocycles. The molecular weight excluding hydrogens is 490 g/mol. The molecule has 0 radical (unpaired) electrons. The van der Waals surface area contributed by atoms with E-state index in [4.69, 9.17) is 30.1 Å². The average molecular weight is 526 g/mol. The average Bonchev–Trinajstić information content (AvgIpc) is 3.28. The Bertz CT molecular complexity index is 1530. The zero-order chi connectivity index (χ0) is 27.4. The number of hydrogen-bond donors (Lipinski definition) is 0. The molecule has 0 aliphatic carbocycles. The number of terminal acetylenes is 1. The lowest BCUT2D eigenvalue weighted by Gasteiger charge is -2.24. The molecule has 0 saturated carbocycles. The van der Waals surface area contributed by atoms with E-state index >= 15 is 0 Å². The van der Waals surface area contributed by atoms with Gasteiger partial charge in [0.2, 0.25) is 0 Å². The monoisotopic (exact) mass is 525 g/mol. The highest BCUT2D eigenvalue weighted by molar-refractivity contribution is 6.06. The summed E-state index contributed by atoms with van der Waals surface area (Å²) in [6, 6.07) is 16.6. The molecule has 0 atom stereocenters. The zero-order valence-corrected chi connectivity index (χ0v) is 23.1. The molecule has 5 rings (SSSR count). The van der Waals surface area contributed by atoms with Crippen LogP contribution in [-0.2, 0) is 13.0 Å². The third-order valence-corrected chi connectivity index (χ3v) is 6.82. The molecule has 1 aliphatic rings. The van der Waals surface area contributed by atoms with Crippen LogP contribution in [0.5, 0.6) is 28.7 Å². The van der Waals surface area contributed by atoms with Crippen molar-refractivity contribution in [2.75, 3.05) is 33.0 Å². The van der Waals surface area contributed by atoms with Gasteiger partial charge >= 0.3 is 0 Å². The fourth-order valence-corrected chi connectivity index (χ4v) is 5.36. The maximum Gasteiger partial charge on any atom is 0.161 e. The van der Waals surface area contributed by atoms with Gasteiger partial charge in [0.15, 0.2) is 23.0 Å². The third kappa shape index (κ3) is 4.97. The van der Waals surface area contributed by atoms with Crippen LogP contribution in [0.2, 0.25) is 0 Å². The van der Waals surface area contributed by atoms with E-state index in [1.54, 1.807) is 0 Å². The van der Waals surface area contributed by atoms with Gasteiger partial charge in [-0.3, -0.25) is 0 Å². The Hall–Kier alpha value is -4.24. The lowest BCUT2D eigenvalue weighted by atomic mass is 9.92. The van der Waals surface area contributed by atoms with Crippen LogP contribution in [0.3, 0.4) is 0 Å². The van der Waals surface area contributed by atoms with E-state index in [1.165, 1.54) is 5.56 Å². The predicted molar refractivity (Wildman–Crippen MR) is 156 cm³/mol. The van der Waals surface area contributed by atoms with Crippen molar-refractivity contribution in [3.8, 4) is 63.5 Å².